The van der Waals surface area contributed by atoms with E-state index >= 15 is 0 Å². The molecule has 0 bridgehead atoms. The topological polar surface area (TPSA) is 107 Å². The number of fused-ring (bicyclic) bond motifs is 1. The minimum absolute atomic E-state index is 0.0386. The van der Waals surface area contributed by atoms with E-state index in [1.54, 1.807) is 27.1 Å². The van der Waals surface area contributed by atoms with E-state index in [2.05, 4.69) is 9.97 Å². The highest BCUT2D eigenvalue weighted by Crippen LogP contribution is 2.22. The summed E-state index contributed by atoms with van der Waals surface area (Å²) in [6.07, 6.45) is 6.60. The molecule has 0 saturated carbocycles. The van der Waals surface area contributed by atoms with Crippen LogP contribution in [-0.4, -0.2) is 34.8 Å². The second kappa shape index (κ2) is 7.75. The van der Waals surface area contributed by atoms with Crippen LogP contribution in [0.3, 0.4) is 0 Å². The zero-order chi connectivity index (χ0) is 19.6. The van der Waals surface area contributed by atoms with Crippen molar-refractivity contribution in [1.82, 2.24) is 29.1 Å². The summed E-state index contributed by atoms with van der Waals surface area (Å²) < 4.78 is 5.34. The van der Waals surface area contributed by atoms with Crippen molar-refractivity contribution in [2.75, 3.05) is 0 Å². The normalized spacial score (nSPS) is 11.4. The molecule has 0 aliphatic carbocycles. The van der Waals surface area contributed by atoms with E-state index < -0.39 is 5.91 Å². The number of hydrogen-bond donors (Lipinski definition) is 2. The van der Waals surface area contributed by atoms with Gasteiger partial charge in [0.15, 0.2) is 0 Å². The van der Waals surface area contributed by atoms with Crippen molar-refractivity contribution in [3.8, 4) is 0 Å². The molecule has 3 aromatic rings. The molecule has 0 aromatic carbocycles. The van der Waals surface area contributed by atoms with Crippen molar-refractivity contribution in [2.24, 2.45) is 0 Å². The van der Waals surface area contributed by atoms with Crippen LogP contribution in [0.1, 0.15) is 55.8 Å². The predicted octanol–water partition coefficient (Wildman–Crippen LogP) is 1.94. The van der Waals surface area contributed by atoms with Crippen molar-refractivity contribution in [1.29, 1.82) is 0 Å². The molecule has 3 aromatic heterocycles. The molecule has 3 heterocycles. The average Bonchev–Trinajstić information content (AvgIpc) is 3.25. The maximum Gasteiger partial charge on any atom is 0.329 e. The minimum atomic E-state index is -0.718. The van der Waals surface area contributed by atoms with Crippen molar-refractivity contribution >= 4 is 16.9 Å². The van der Waals surface area contributed by atoms with Crippen LogP contribution in [0.25, 0.3) is 11.0 Å². The number of nitrogens with zero attached hydrogens (tertiary/aromatic N) is 5. The second-order valence-electron chi connectivity index (χ2n) is 6.38. The number of aryl methyl sites for hydroxylation is 1. The van der Waals surface area contributed by atoms with Gasteiger partial charge in [-0.3, -0.25) is 19.1 Å². The van der Waals surface area contributed by atoms with Crippen LogP contribution >= 0.6 is 0 Å². The van der Waals surface area contributed by atoms with Gasteiger partial charge in [-0.15, -0.1) is 0 Å². The van der Waals surface area contributed by atoms with E-state index in [4.69, 9.17) is 5.21 Å². The minimum Gasteiger partial charge on any atom is -0.333 e. The Morgan fingerprint density at radius 1 is 1.22 bits per heavy atom. The number of amides is 1. The molecular weight excluding hydrogens is 348 g/mol. The molecule has 144 valence electrons. The Bertz CT molecular complexity index is 1010. The first-order chi connectivity index (χ1) is 13.0. The van der Waals surface area contributed by atoms with E-state index in [1.165, 1.54) is 12.3 Å². The Kier molecular flexibility index (Phi) is 5.41. The Morgan fingerprint density at radius 3 is 2.59 bits per heavy atom. The summed E-state index contributed by atoms with van der Waals surface area (Å²) in [5.41, 5.74) is 3.65. The van der Waals surface area contributed by atoms with Crippen LogP contribution in [0.15, 0.2) is 29.6 Å². The van der Waals surface area contributed by atoms with Crippen molar-refractivity contribution in [3.63, 3.8) is 0 Å². The smallest absolute Gasteiger partial charge is 0.329 e. The summed E-state index contributed by atoms with van der Waals surface area (Å²) in [7, 11) is 0. The lowest BCUT2D eigenvalue weighted by Gasteiger charge is -2.14. The van der Waals surface area contributed by atoms with Crippen molar-refractivity contribution in [2.45, 2.75) is 52.7 Å². The lowest BCUT2D eigenvalue weighted by molar-refractivity contribution is 0.0701. The number of hydrogen-bond acceptors (Lipinski definition) is 5. The number of imidazole rings is 2. The van der Waals surface area contributed by atoms with Crippen molar-refractivity contribution < 1.29 is 10.0 Å². The van der Waals surface area contributed by atoms with Crippen LogP contribution in [0.2, 0.25) is 0 Å². The van der Waals surface area contributed by atoms with E-state index in [9.17, 15) is 9.59 Å². The van der Waals surface area contributed by atoms with Gasteiger partial charge in [-0.25, -0.2) is 20.2 Å². The Hall–Kier alpha value is -2.94. The summed E-state index contributed by atoms with van der Waals surface area (Å²) >= 11 is 0. The molecule has 0 unspecified atom stereocenters. The van der Waals surface area contributed by atoms with Crippen LogP contribution in [0, 0.1) is 0 Å². The summed E-state index contributed by atoms with van der Waals surface area (Å²) in [5, 5.41) is 8.90. The Morgan fingerprint density at radius 2 is 1.96 bits per heavy atom. The molecule has 9 heteroatoms. The van der Waals surface area contributed by atoms with Gasteiger partial charge in [-0.05, 0) is 25.8 Å². The summed E-state index contributed by atoms with van der Waals surface area (Å²) in [5.74, 6) is -0.718. The molecule has 0 saturated heterocycles. The molecule has 0 spiro atoms. The van der Waals surface area contributed by atoms with Gasteiger partial charge in [-0.2, -0.15) is 0 Å². The molecule has 3 rings (SSSR count). The predicted molar refractivity (Wildman–Crippen MR) is 99.9 cm³/mol. The van der Waals surface area contributed by atoms with E-state index in [0.29, 0.717) is 17.6 Å². The van der Waals surface area contributed by atoms with Gasteiger partial charge in [0.05, 0.1) is 35.8 Å². The van der Waals surface area contributed by atoms with E-state index in [1.807, 2.05) is 25.3 Å². The van der Waals surface area contributed by atoms with Gasteiger partial charge < -0.3 is 4.57 Å². The first-order valence-corrected chi connectivity index (χ1v) is 9.09. The monoisotopic (exact) mass is 372 g/mol. The van der Waals surface area contributed by atoms with Crippen LogP contribution in [-0.2, 0) is 13.1 Å². The fraction of sp³-hybridized carbons (Fsp3) is 0.444. The van der Waals surface area contributed by atoms with Crippen LogP contribution in [0.4, 0.5) is 0 Å². The molecule has 0 aliphatic heterocycles. The Labute approximate surface area is 156 Å². The number of carbonyl (C=O) groups excluding carboxylic acids is 1. The molecule has 0 atom stereocenters. The van der Waals surface area contributed by atoms with Gasteiger partial charge in [0.25, 0.3) is 5.91 Å². The maximum atomic E-state index is 13.2. The zero-order valence-electron chi connectivity index (χ0n) is 15.7. The third-order valence-corrected chi connectivity index (χ3v) is 4.95. The lowest BCUT2D eigenvalue weighted by Crippen LogP contribution is -2.28. The Balaban J connectivity index is 2.24. The molecule has 27 heavy (non-hydrogen) atoms. The number of hydroxylamine groups is 1. The summed E-state index contributed by atoms with van der Waals surface area (Å²) in [4.78, 5) is 33.3. The highest BCUT2D eigenvalue weighted by Gasteiger charge is 2.21. The van der Waals surface area contributed by atoms with Gasteiger partial charge >= 0.3 is 5.69 Å². The number of carbonyl (C=O) groups is 1. The highest BCUT2D eigenvalue weighted by molar-refractivity contribution is 5.94. The zero-order valence-corrected chi connectivity index (χ0v) is 15.7. The number of pyridine rings is 1. The third-order valence-electron chi connectivity index (χ3n) is 4.95. The maximum absolute atomic E-state index is 13.2. The standard InChI is InChI=1S/C18H24N6O3/c1-4-12(5-2)24-16-9-20-14(17(25)21-27)7-15(16)23(18(24)26)10-13-8-19-11-22(13)6-3/h7-9,11-12,27H,4-6,10H2,1-3H3,(H,21,25). The van der Waals surface area contributed by atoms with E-state index in [-0.39, 0.29) is 17.4 Å². The average molecular weight is 372 g/mol. The number of rotatable bonds is 7. The fourth-order valence-electron chi connectivity index (χ4n) is 3.44. The third kappa shape index (κ3) is 3.25. The molecule has 2 N–H and O–H groups in total. The van der Waals surface area contributed by atoms with Gasteiger partial charge in [0.2, 0.25) is 0 Å². The molecule has 0 aliphatic rings. The van der Waals surface area contributed by atoms with Crippen LogP contribution < -0.4 is 11.2 Å². The molecular formula is C18H24N6O3. The summed E-state index contributed by atoms with van der Waals surface area (Å²) in [6.45, 7) is 7.17. The summed E-state index contributed by atoms with van der Waals surface area (Å²) in [6, 6.07) is 1.57. The fourth-order valence-corrected chi connectivity index (χ4v) is 3.44. The first kappa shape index (κ1) is 18.8. The highest BCUT2D eigenvalue weighted by atomic mass is 16.5. The molecule has 0 radical (unpaired) electrons. The quantitative estimate of drug-likeness (QED) is 0.487. The van der Waals surface area contributed by atoms with Gasteiger partial charge in [0, 0.05) is 18.8 Å². The van der Waals surface area contributed by atoms with E-state index in [0.717, 1.165) is 25.1 Å². The van der Waals surface area contributed by atoms with Crippen molar-refractivity contribution in [3.05, 3.63) is 46.7 Å². The van der Waals surface area contributed by atoms with Gasteiger partial charge in [0.1, 0.15) is 5.69 Å². The number of aromatic nitrogens is 5. The molecule has 9 nitrogen and oxygen atoms in total. The lowest BCUT2D eigenvalue weighted by atomic mass is 10.1. The largest absolute Gasteiger partial charge is 0.333 e. The van der Waals surface area contributed by atoms with Crippen LogP contribution in [0.5, 0.6) is 0 Å². The van der Waals surface area contributed by atoms with Gasteiger partial charge in [-0.1, -0.05) is 13.8 Å². The number of nitrogens with one attached hydrogen (secondary N) is 1. The second-order valence-corrected chi connectivity index (χ2v) is 6.38. The SMILES string of the molecule is CCC(CC)n1c(=O)n(Cc2cncn2CC)c2cc(C(=O)NO)ncc21. The first-order valence-electron chi connectivity index (χ1n) is 9.09. The molecule has 0 fully saturated rings. The molecule has 1 amide bonds.